The summed E-state index contributed by atoms with van der Waals surface area (Å²) in [6, 6.07) is 6.76. The molecule has 1 aromatic carbocycles. The normalized spacial score (nSPS) is 11.8. The lowest BCUT2D eigenvalue weighted by Gasteiger charge is -2.15. The van der Waals surface area contributed by atoms with E-state index in [2.05, 4.69) is 25.7 Å². The maximum absolute atomic E-state index is 11.9. The van der Waals surface area contributed by atoms with Crippen LogP contribution in [0.1, 0.15) is 32.0 Å². The van der Waals surface area contributed by atoms with Crippen LogP contribution < -0.4 is 11.0 Å². The lowest BCUT2D eigenvalue weighted by atomic mass is 9.93. The van der Waals surface area contributed by atoms with Crippen LogP contribution in [0.5, 0.6) is 5.75 Å². The van der Waals surface area contributed by atoms with Gasteiger partial charge in [-0.2, -0.15) is 5.10 Å². The van der Waals surface area contributed by atoms with E-state index < -0.39 is 0 Å². The lowest BCUT2D eigenvalue weighted by Crippen LogP contribution is -2.28. The molecule has 0 radical (unpaired) electrons. The highest BCUT2D eigenvalue weighted by molar-refractivity contribution is 5.83. The van der Waals surface area contributed by atoms with E-state index in [4.69, 9.17) is 0 Å². The van der Waals surface area contributed by atoms with Gasteiger partial charge in [-0.3, -0.25) is 9.78 Å². The number of nitrogens with zero attached hydrogens (tertiary/aromatic N) is 3. The summed E-state index contributed by atoms with van der Waals surface area (Å²) in [7, 11) is 0. The molecule has 3 N–H and O–H groups in total. The first-order chi connectivity index (χ1) is 9.88. The minimum atomic E-state index is -0.377. The zero-order valence-corrected chi connectivity index (χ0v) is 12.1. The number of rotatable bonds is 3. The average Bonchev–Trinajstić information content (AvgIpc) is 2.39. The van der Waals surface area contributed by atoms with Crippen molar-refractivity contribution in [1.29, 1.82) is 0 Å². The first kappa shape index (κ1) is 14.7. The molecule has 110 valence electrons. The van der Waals surface area contributed by atoms with Crippen LogP contribution in [0.2, 0.25) is 0 Å². The fraction of sp³-hybridized carbons (Fsp3) is 0.286. The molecule has 0 bridgehead atoms. The molecule has 7 nitrogen and oxygen atoms in total. The number of aromatic hydroxyl groups is 1. The fourth-order valence-electron chi connectivity index (χ4n) is 1.64. The second-order valence-electron chi connectivity index (χ2n) is 5.53. The third kappa shape index (κ3) is 3.65. The molecular formula is C14H17N5O2. The number of hydrazone groups is 1. The number of phenolic OH excluding ortho intramolecular Hbond substituents is 1. The van der Waals surface area contributed by atoms with Crippen LogP contribution in [0.25, 0.3) is 0 Å². The molecule has 0 spiro atoms. The van der Waals surface area contributed by atoms with Gasteiger partial charge >= 0.3 is 0 Å². The number of H-pyrrole nitrogens is 1. The Kier molecular flexibility index (Phi) is 4.02. The van der Waals surface area contributed by atoms with Crippen molar-refractivity contribution in [2.45, 2.75) is 26.2 Å². The molecular weight excluding hydrogens is 270 g/mol. The molecule has 2 rings (SSSR count). The van der Waals surface area contributed by atoms with Crippen molar-refractivity contribution in [3.05, 3.63) is 45.9 Å². The third-order valence-electron chi connectivity index (χ3n) is 2.72. The topological polar surface area (TPSA) is 103 Å². The Hall–Kier alpha value is -2.70. The van der Waals surface area contributed by atoms with E-state index in [0.29, 0.717) is 11.3 Å². The summed E-state index contributed by atoms with van der Waals surface area (Å²) in [5.41, 5.74) is 2.79. The van der Waals surface area contributed by atoms with Crippen LogP contribution in [0.15, 0.2) is 34.2 Å². The van der Waals surface area contributed by atoms with Gasteiger partial charge in [0.05, 0.1) is 6.21 Å². The maximum atomic E-state index is 11.9. The van der Waals surface area contributed by atoms with Gasteiger partial charge in [0.1, 0.15) is 11.4 Å². The van der Waals surface area contributed by atoms with Crippen molar-refractivity contribution in [3.8, 4) is 5.75 Å². The molecule has 2 aromatic rings. The first-order valence-corrected chi connectivity index (χ1v) is 6.42. The van der Waals surface area contributed by atoms with Gasteiger partial charge in [-0.15, -0.1) is 10.2 Å². The second kappa shape index (κ2) is 5.74. The molecule has 0 fully saturated rings. The van der Waals surface area contributed by atoms with E-state index in [1.807, 2.05) is 20.8 Å². The Bertz CT molecular complexity index is 716. The van der Waals surface area contributed by atoms with E-state index >= 15 is 0 Å². The third-order valence-corrected chi connectivity index (χ3v) is 2.72. The number of hydrogen-bond acceptors (Lipinski definition) is 6. The highest BCUT2D eigenvalue weighted by Crippen LogP contribution is 2.15. The summed E-state index contributed by atoms with van der Waals surface area (Å²) in [6.45, 7) is 5.65. The molecule has 0 saturated carbocycles. The molecule has 0 unspecified atom stereocenters. The maximum Gasteiger partial charge on any atom is 0.274 e. The van der Waals surface area contributed by atoms with Crippen molar-refractivity contribution in [3.63, 3.8) is 0 Å². The molecule has 0 amide bonds. The van der Waals surface area contributed by atoms with Crippen molar-refractivity contribution in [2.75, 3.05) is 5.43 Å². The number of nitrogens with one attached hydrogen (secondary N) is 2. The minimum Gasteiger partial charge on any atom is -0.507 e. The fourth-order valence-corrected chi connectivity index (χ4v) is 1.64. The molecule has 0 aliphatic heterocycles. The van der Waals surface area contributed by atoms with Gasteiger partial charge in [0, 0.05) is 11.0 Å². The summed E-state index contributed by atoms with van der Waals surface area (Å²) >= 11 is 0. The number of anilines is 1. The average molecular weight is 287 g/mol. The highest BCUT2D eigenvalue weighted by Gasteiger charge is 2.20. The molecule has 0 aliphatic carbocycles. The van der Waals surface area contributed by atoms with Gasteiger partial charge in [0.15, 0.2) is 0 Å². The lowest BCUT2D eigenvalue weighted by molar-refractivity contribution is 0.474. The second-order valence-corrected chi connectivity index (χ2v) is 5.53. The molecule has 0 saturated heterocycles. The van der Waals surface area contributed by atoms with Gasteiger partial charge in [-0.25, -0.2) is 5.43 Å². The van der Waals surface area contributed by atoms with Gasteiger partial charge in [0.2, 0.25) is 5.95 Å². The molecule has 0 aliphatic rings. The van der Waals surface area contributed by atoms with E-state index in [1.54, 1.807) is 24.3 Å². The van der Waals surface area contributed by atoms with Crippen LogP contribution in [0.4, 0.5) is 5.95 Å². The molecule has 0 atom stereocenters. The summed E-state index contributed by atoms with van der Waals surface area (Å²) in [4.78, 5) is 14.5. The van der Waals surface area contributed by atoms with Gasteiger partial charge in [-0.1, -0.05) is 32.9 Å². The number of hydrogen-bond donors (Lipinski definition) is 3. The standard InChI is InChI=1S/C14H17N5O2/c1-14(2,3)11-12(21)16-13(19-17-11)18-15-8-9-6-4-5-7-10(9)20/h4-8,20H,1-3H3,(H2,16,18,19,21)/b15-8-. The van der Waals surface area contributed by atoms with Crippen LogP contribution in [0.3, 0.4) is 0 Å². The van der Waals surface area contributed by atoms with Crippen LogP contribution in [0, 0.1) is 0 Å². The van der Waals surface area contributed by atoms with Crippen LogP contribution in [-0.4, -0.2) is 26.5 Å². The highest BCUT2D eigenvalue weighted by atomic mass is 16.3. The molecule has 7 heteroatoms. The van der Waals surface area contributed by atoms with Gasteiger partial charge in [-0.05, 0) is 12.1 Å². The van der Waals surface area contributed by atoms with E-state index in [0.717, 1.165) is 0 Å². The smallest absolute Gasteiger partial charge is 0.274 e. The number of para-hydroxylation sites is 1. The number of aromatic amines is 1. The predicted molar refractivity (Wildman–Crippen MR) is 80.7 cm³/mol. The number of benzene rings is 1. The Morgan fingerprint density at radius 3 is 2.62 bits per heavy atom. The first-order valence-electron chi connectivity index (χ1n) is 6.42. The van der Waals surface area contributed by atoms with Crippen molar-refractivity contribution in [1.82, 2.24) is 15.2 Å². The summed E-state index contributed by atoms with van der Waals surface area (Å²) < 4.78 is 0. The molecule has 1 aromatic heterocycles. The Morgan fingerprint density at radius 2 is 2.00 bits per heavy atom. The van der Waals surface area contributed by atoms with Crippen molar-refractivity contribution >= 4 is 12.2 Å². The minimum absolute atomic E-state index is 0.116. The van der Waals surface area contributed by atoms with Crippen molar-refractivity contribution in [2.24, 2.45) is 5.10 Å². The Balaban J connectivity index is 2.13. The summed E-state index contributed by atoms with van der Waals surface area (Å²) in [5.74, 6) is 0.255. The Labute approximate surface area is 121 Å². The van der Waals surface area contributed by atoms with Crippen molar-refractivity contribution < 1.29 is 5.11 Å². The largest absolute Gasteiger partial charge is 0.507 e. The SMILES string of the molecule is CC(C)(C)c1nnc(N/N=C\c2ccccc2O)[nH]c1=O. The monoisotopic (exact) mass is 287 g/mol. The van der Waals surface area contributed by atoms with E-state index in [-0.39, 0.29) is 22.7 Å². The summed E-state index contributed by atoms with van der Waals surface area (Å²) in [5, 5.41) is 21.3. The predicted octanol–water partition coefficient (Wildman–Crippen LogP) is 1.61. The van der Waals surface area contributed by atoms with Crippen LogP contribution in [-0.2, 0) is 5.41 Å². The van der Waals surface area contributed by atoms with E-state index in [9.17, 15) is 9.90 Å². The number of phenols is 1. The molecule has 21 heavy (non-hydrogen) atoms. The summed E-state index contributed by atoms with van der Waals surface area (Å²) in [6.07, 6.45) is 1.42. The van der Waals surface area contributed by atoms with Crippen LogP contribution >= 0.6 is 0 Å². The Morgan fingerprint density at radius 1 is 1.29 bits per heavy atom. The molecule has 1 heterocycles. The number of aromatic nitrogens is 3. The zero-order valence-electron chi connectivity index (χ0n) is 12.1. The van der Waals surface area contributed by atoms with Gasteiger partial charge in [0.25, 0.3) is 5.56 Å². The van der Waals surface area contributed by atoms with E-state index in [1.165, 1.54) is 6.21 Å². The quantitative estimate of drug-likeness (QED) is 0.588. The van der Waals surface area contributed by atoms with Gasteiger partial charge < -0.3 is 5.11 Å². The zero-order chi connectivity index (χ0) is 15.5.